The predicted molar refractivity (Wildman–Crippen MR) is 165 cm³/mol. The molecule has 0 aliphatic heterocycles. The zero-order valence-electron chi connectivity index (χ0n) is 23.9. The van der Waals surface area contributed by atoms with Crippen molar-refractivity contribution < 1.29 is 19.4 Å². The molecule has 0 saturated heterocycles. The van der Waals surface area contributed by atoms with Crippen molar-refractivity contribution in [1.82, 2.24) is 4.90 Å². The highest BCUT2D eigenvalue weighted by Crippen LogP contribution is 2.26. The lowest BCUT2D eigenvalue weighted by Crippen LogP contribution is -2.44. The Balaban J connectivity index is 1.91. The van der Waals surface area contributed by atoms with E-state index in [0.717, 1.165) is 22.6 Å². The van der Waals surface area contributed by atoms with Crippen molar-refractivity contribution in [2.75, 3.05) is 12.4 Å². The fourth-order valence-electron chi connectivity index (χ4n) is 4.33. The number of Topliss-reactive ketones (excluding diaryl/α,β-unsaturated/α-hetero) is 1. The number of ketones is 1. The van der Waals surface area contributed by atoms with Crippen LogP contribution < -0.4 is 4.74 Å². The smallest absolute Gasteiger partial charge is 0.326 e. The molecule has 1 unspecified atom stereocenters. The number of thioether (sulfide) groups is 1. The van der Waals surface area contributed by atoms with Crippen LogP contribution in [0.5, 0.6) is 5.75 Å². The number of aryl methyl sites for hydroxylation is 1. The van der Waals surface area contributed by atoms with Gasteiger partial charge in [0.25, 0.3) is 0 Å². The molecule has 6 nitrogen and oxygen atoms in total. The molecular weight excluding hydrogens is 520 g/mol. The Morgan fingerprint density at radius 3 is 2.35 bits per heavy atom. The first-order valence-electron chi connectivity index (χ1n) is 13.8. The van der Waals surface area contributed by atoms with Gasteiger partial charge in [0.2, 0.25) is 0 Å². The minimum absolute atomic E-state index is 0.104. The van der Waals surface area contributed by atoms with Gasteiger partial charge in [-0.3, -0.25) is 4.79 Å². The number of amidine groups is 1. The first kappa shape index (κ1) is 31.0. The number of nitrogens with zero attached hydrogens (tertiary/aromatic N) is 2. The van der Waals surface area contributed by atoms with E-state index in [1.54, 1.807) is 0 Å². The maximum Gasteiger partial charge on any atom is 0.326 e. The fraction of sp³-hybridized carbons (Fsp3) is 0.364. The predicted octanol–water partition coefficient (Wildman–Crippen LogP) is 7.78. The maximum absolute atomic E-state index is 12.6. The van der Waals surface area contributed by atoms with Crippen LogP contribution in [0.4, 0.5) is 5.69 Å². The van der Waals surface area contributed by atoms with Crippen molar-refractivity contribution in [3.8, 4) is 5.75 Å². The zero-order valence-corrected chi connectivity index (χ0v) is 24.7. The van der Waals surface area contributed by atoms with Crippen LogP contribution >= 0.6 is 11.8 Å². The normalized spacial score (nSPS) is 12.3. The van der Waals surface area contributed by atoms with Crippen molar-refractivity contribution in [1.29, 1.82) is 0 Å². The average molecular weight is 561 g/mol. The van der Waals surface area contributed by atoms with Crippen molar-refractivity contribution in [3.63, 3.8) is 0 Å². The van der Waals surface area contributed by atoms with Crippen LogP contribution in [0, 0.1) is 12.8 Å². The van der Waals surface area contributed by atoms with Crippen molar-refractivity contribution in [3.05, 3.63) is 95.6 Å². The largest absolute Gasteiger partial charge is 0.494 e. The van der Waals surface area contributed by atoms with Gasteiger partial charge in [0.15, 0.2) is 11.0 Å². The molecule has 0 aliphatic rings. The number of aliphatic carboxylic acids is 1. The Bertz CT molecular complexity index is 1260. The Hall–Kier alpha value is -3.58. The van der Waals surface area contributed by atoms with Crippen molar-refractivity contribution in [2.24, 2.45) is 10.9 Å². The van der Waals surface area contributed by atoms with Gasteiger partial charge in [-0.15, -0.1) is 0 Å². The number of carbonyl (C=O) groups excluding carboxylic acids is 1. The Morgan fingerprint density at radius 2 is 1.73 bits per heavy atom. The molecule has 0 spiro atoms. The van der Waals surface area contributed by atoms with Crippen LogP contribution in [-0.4, -0.2) is 45.3 Å². The molecule has 0 bridgehead atoms. The summed E-state index contributed by atoms with van der Waals surface area (Å²) < 4.78 is 5.60. The lowest BCUT2D eigenvalue weighted by molar-refractivity contribution is -0.142. The quantitative estimate of drug-likeness (QED) is 0.0939. The number of hydrogen-bond donors (Lipinski definition) is 1. The van der Waals surface area contributed by atoms with Gasteiger partial charge in [0.1, 0.15) is 11.8 Å². The molecule has 0 aliphatic carbocycles. The van der Waals surface area contributed by atoms with Crippen LogP contribution in [0.2, 0.25) is 0 Å². The van der Waals surface area contributed by atoms with Gasteiger partial charge in [-0.1, -0.05) is 80.2 Å². The zero-order chi connectivity index (χ0) is 28.9. The van der Waals surface area contributed by atoms with Gasteiger partial charge in [0, 0.05) is 24.3 Å². The van der Waals surface area contributed by atoms with Gasteiger partial charge >= 0.3 is 5.97 Å². The third-order valence-corrected chi connectivity index (χ3v) is 7.37. The molecular formula is C33H40N2O4S. The molecule has 3 aromatic carbocycles. The summed E-state index contributed by atoms with van der Waals surface area (Å²) in [5.74, 6) is 0.819. The number of rotatable bonds is 14. The molecule has 3 rings (SSSR count). The minimum atomic E-state index is -0.878. The van der Waals surface area contributed by atoms with Crippen LogP contribution in [0.1, 0.15) is 61.5 Å². The average Bonchev–Trinajstić information content (AvgIpc) is 2.93. The van der Waals surface area contributed by atoms with Crippen molar-refractivity contribution in [2.45, 2.75) is 59.5 Å². The van der Waals surface area contributed by atoms with E-state index in [4.69, 9.17) is 9.73 Å². The van der Waals surface area contributed by atoms with Gasteiger partial charge in [-0.05, 0) is 68.0 Å². The second-order valence-electron chi connectivity index (χ2n) is 10.2. The Kier molecular flexibility index (Phi) is 12.3. The van der Waals surface area contributed by atoms with E-state index in [1.165, 1.54) is 11.8 Å². The number of carbonyl (C=O) groups is 2. The number of carboxylic acid groups (broad SMARTS) is 1. The molecule has 40 heavy (non-hydrogen) atoms. The molecule has 0 aromatic heterocycles. The van der Waals surface area contributed by atoms with Crippen LogP contribution in [0.25, 0.3) is 0 Å². The fourth-order valence-corrected chi connectivity index (χ4v) is 5.32. The summed E-state index contributed by atoms with van der Waals surface area (Å²) in [5, 5.41) is 11.0. The number of benzene rings is 3. The maximum atomic E-state index is 12.6. The van der Waals surface area contributed by atoms with E-state index in [9.17, 15) is 14.7 Å². The summed E-state index contributed by atoms with van der Waals surface area (Å²) in [6, 6.07) is 24.2. The molecule has 0 radical (unpaired) electrons. The van der Waals surface area contributed by atoms with Crippen LogP contribution in [0.3, 0.4) is 0 Å². The molecule has 3 aromatic rings. The van der Waals surface area contributed by atoms with Crippen molar-refractivity contribution >= 4 is 34.4 Å². The molecule has 212 valence electrons. The molecule has 0 saturated carbocycles. The number of aliphatic imine (C=N–C) groups is 1. The summed E-state index contributed by atoms with van der Waals surface area (Å²) in [5.41, 5.74) is 3.53. The third-order valence-electron chi connectivity index (χ3n) is 6.29. The summed E-state index contributed by atoms with van der Waals surface area (Å²) in [6.45, 7) is 8.99. The molecule has 1 atom stereocenters. The summed E-state index contributed by atoms with van der Waals surface area (Å²) >= 11 is 1.51. The first-order chi connectivity index (χ1) is 19.3. The highest BCUT2D eigenvalue weighted by Gasteiger charge is 2.30. The highest BCUT2D eigenvalue weighted by atomic mass is 32.2. The van der Waals surface area contributed by atoms with Gasteiger partial charge in [-0.25, -0.2) is 9.79 Å². The van der Waals surface area contributed by atoms with E-state index < -0.39 is 12.0 Å². The van der Waals surface area contributed by atoms with Crippen LogP contribution in [-0.2, 0) is 11.3 Å². The SMILES string of the molecule is CCOc1ccc(CN(C(=Nc2cccc(C)c2)SCCCC(=O)c2ccccc2)C(CC(C)C)C(=O)O)cc1. The summed E-state index contributed by atoms with van der Waals surface area (Å²) in [4.78, 5) is 32.2. The second-order valence-corrected chi connectivity index (χ2v) is 11.2. The minimum Gasteiger partial charge on any atom is -0.494 e. The second kappa shape index (κ2) is 15.9. The van der Waals surface area contributed by atoms with Gasteiger partial charge in [-0.2, -0.15) is 0 Å². The van der Waals surface area contributed by atoms with E-state index in [0.29, 0.717) is 48.9 Å². The summed E-state index contributed by atoms with van der Waals surface area (Å²) in [7, 11) is 0. The molecule has 7 heteroatoms. The summed E-state index contributed by atoms with van der Waals surface area (Å²) in [6.07, 6.45) is 1.55. The number of ether oxygens (including phenoxy) is 1. The number of hydrogen-bond acceptors (Lipinski definition) is 5. The van der Waals surface area contributed by atoms with E-state index in [2.05, 4.69) is 0 Å². The Labute approximate surface area is 242 Å². The van der Waals surface area contributed by atoms with Gasteiger partial charge in [0.05, 0.1) is 12.3 Å². The number of carboxylic acids is 1. The standard InChI is InChI=1S/C33H40N2O4S/c1-5-39-29-18-16-26(17-19-29)23-35(30(32(37)38)21-24(2)3)33(34-28-14-9-11-25(4)22-28)40-20-10-15-31(36)27-12-7-6-8-13-27/h6-9,11-14,16-19,22,24,30H,5,10,15,20-21,23H2,1-4H3,(H,37,38). The van der Waals surface area contributed by atoms with E-state index >= 15 is 0 Å². The lowest BCUT2D eigenvalue weighted by Gasteiger charge is -2.32. The molecule has 0 amide bonds. The monoisotopic (exact) mass is 560 g/mol. The molecule has 0 fully saturated rings. The molecule has 0 heterocycles. The topological polar surface area (TPSA) is 79.2 Å². The van der Waals surface area contributed by atoms with Gasteiger partial charge < -0.3 is 14.7 Å². The Morgan fingerprint density at radius 1 is 1.00 bits per heavy atom. The van der Waals surface area contributed by atoms with E-state index in [1.807, 2.05) is 111 Å². The van der Waals surface area contributed by atoms with E-state index in [-0.39, 0.29) is 11.7 Å². The molecule has 1 N–H and O–H groups in total. The highest BCUT2D eigenvalue weighted by molar-refractivity contribution is 8.13. The third kappa shape index (κ3) is 9.87. The first-order valence-corrected chi connectivity index (χ1v) is 14.8. The van der Waals surface area contributed by atoms with Crippen LogP contribution in [0.15, 0.2) is 83.9 Å². The lowest BCUT2D eigenvalue weighted by atomic mass is 10.0.